The summed E-state index contributed by atoms with van der Waals surface area (Å²) in [5.74, 6) is 1.10. The molecule has 0 fully saturated rings. The van der Waals surface area contributed by atoms with Gasteiger partial charge in [-0.15, -0.1) is 11.8 Å². The molecule has 1 atom stereocenters. The number of hydrogen-bond donors (Lipinski definition) is 2. The number of nitrogens with one attached hydrogen (secondary N) is 1. The van der Waals surface area contributed by atoms with Gasteiger partial charge in [0, 0.05) is 11.4 Å². The predicted molar refractivity (Wildman–Crippen MR) is 92.9 cm³/mol. The fraction of sp³-hybridized carbons (Fsp3) is 0.278. The van der Waals surface area contributed by atoms with Crippen molar-refractivity contribution in [3.05, 3.63) is 53.6 Å². The van der Waals surface area contributed by atoms with E-state index < -0.39 is 6.10 Å². The highest BCUT2D eigenvalue weighted by atomic mass is 32.2. The lowest BCUT2D eigenvalue weighted by molar-refractivity contribution is 0.0913. The number of hydrogen-bond acceptors (Lipinski definition) is 5. The third-order valence-electron chi connectivity index (χ3n) is 3.76. The van der Waals surface area contributed by atoms with E-state index in [1.165, 1.54) is 11.8 Å². The van der Waals surface area contributed by atoms with Crippen molar-refractivity contribution in [1.82, 2.24) is 5.32 Å². The van der Waals surface area contributed by atoms with Crippen LogP contribution in [0.5, 0.6) is 11.5 Å². The summed E-state index contributed by atoms with van der Waals surface area (Å²) in [6, 6.07) is 12.7. The SMILES string of the molecule is CSc1ccccc1C(=O)NCC(O)c1ccc2c(c1)OCCO2. The van der Waals surface area contributed by atoms with Crippen LogP contribution < -0.4 is 14.8 Å². The lowest BCUT2D eigenvalue weighted by Gasteiger charge is -2.20. The third-order valence-corrected chi connectivity index (χ3v) is 4.55. The number of carbonyl (C=O) groups is 1. The Kier molecular flexibility index (Phi) is 5.27. The molecule has 0 aliphatic carbocycles. The number of thioether (sulfide) groups is 1. The number of amides is 1. The Labute approximate surface area is 145 Å². The highest BCUT2D eigenvalue weighted by molar-refractivity contribution is 7.98. The molecule has 24 heavy (non-hydrogen) atoms. The van der Waals surface area contributed by atoms with Gasteiger partial charge in [0.15, 0.2) is 11.5 Å². The summed E-state index contributed by atoms with van der Waals surface area (Å²) >= 11 is 1.52. The van der Waals surface area contributed by atoms with Gasteiger partial charge in [0.25, 0.3) is 5.91 Å². The van der Waals surface area contributed by atoms with Gasteiger partial charge < -0.3 is 19.9 Å². The molecule has 2 aromatic carbocycles. The van der Waals surface area contributed by atoms with Gasteiger partial charge in [-0.3, -0.25) is 4.79 Å². The van der Waals surface area contributed by atoms with Crippen molar-refractivity contribution in [2.24, 2.45) is 0 Å². The van der Waals surface area contributed by atoms with Gasteiger partial charge in [0.05, 0.1) is 11.7 Å². The first-order valence-electron chi connectivity index (χ1n) is 7.68. The van der Waals surface area contributed by atoms with E-state index in [9.17, 15) is 9.90 Å². The zero-order valence-corrected chi connectivity index (χ0v) is 14.1. The Morgan fingerprint density at radius 1 is 1.21 bits per heavy atom. The minimum absolute atomic E-state index is 0.126. The number of benzene rings is 2. The van der Waals surface area contributed by atoms with Gasteiger partial charge in [-0.1, -0.05) is 18.2 Å². The minimum atomic E-state index is -0.814. The number of ether oxygens (including phenoxy) is 2. The molecule has 0 radical (unpaired) electrons. The Bertz CT molecular complexity index is 735. The molecule has 1 aliphatic rings. The van der Waals surface area contributed by atoms with E-state index in [-0.39, 0.29) is 12.5 Å². The molecule has 0 bridgehead atoms. The number of fused-ring (bicyclic) bond motifs is 1. The predicted octanol–water partition coefficient (Wildman–Crippen LogP) is 2.64. The summed E-state index contributed by atoms with van der Waals surface area (Å²) in [4.78, 5) is 13.2. The number of rotatable bonds is 5. The van der Waals surface area contributed by atoms with Crippen LogP contribution >= 0.6 is 11.8 Å². The van der Waals surface area contributed by atoms with E-state index in [0.29, 0.717) is 35.8 Å². The Morgan fingerprint density at radius 3 is 2.75 bits per heavy atom. The summed E-state index contributed by atoms with van der Waals surface area (Å²) in [5.41, 5.74) is 1.29. The molecule has 6 heteroatoms. The maximum absolute atomic E-state index is 12.3. The van der Waals surface area contributed by atoms with Crippen LogP contribution in [0.3, 0.4) is 0 Å². The van der Waals surface area contributed by atoms with Crippen LogP contribution in [0, 0.1) is 0 Å². The summed E-state index contributed by atoms with van der Waals surface area (Å²) in [6.07, 6.45) is 1.11. The van der Waals surface area contributed by atoms with E-state index >= 15 is 0 Å². The fourth-order valence-electron chi connectivity index (χ4n) is 2.50. The van der Waals surface area contributed by atoms with Crippen LogP contribution in [0.15, 0.2) is 47.4 Å². The van der Waals surface area contributed by atoms with E-state index in [1.807, 2.05) is 24.5 Å². The quantitative estimate of drug-likeness (QED) is 0.816. The molecule has 1 unspecified atom stereocenters. The average Bonchev–Trinajstić information content (AvgIpc) is 2.65. The van der Waals surface area contributed by atoms with E-state index in [1.54, 1.807) is 24.3 Å². The maximum Gasteiger partial charge on any atom is 0.252 e. The van der Waals surface area contributed by atoms with Crippen molar-refractivity contribution in [2.45, 2.75) is 11.0 Å². The Hall–Kier alpha value is -2.18. The van der Waals surface area contributed by atoms with Crippen molar-refractivity contribution >= 4 is 17.7 Å². The second-order valence-corrected chi connectivity index (χ2v) is 6.18. The average molecular weight is 345 g/mol. The normalized spacial score (nSPS) is 14.1. The number of aliphatic hydroxyl groups excluding tert-OH is 1. The topological polar surface area (TPSA) is 67.8 Å². The van der Waals surface area contributed by atoms with Crippen molar-refractivity contribution in [3.63, 3.8) is 0 Å². The second kappa shape index (κ2) is 7.59. The molecule has 1 amide bonds. The first-order chi connectivity index (χ1) is 11.7. The highest BCUT2D eigenvalue weighted by Gasteiger charge is 2.17. The van der Waals surface area contributed by atoms with Gasteiger partial charge >= 0.3 is 0 Å². The molecule has 1 aliphatic heterocycles. The second-order valence-electron chi connectivity index (χ2n) is 5.33. The Balaban J connectivity index is 1.65. The highest BCUT2D eigenvalue weighted by Crippen LogP contribution is 2.32. The van der Waals surface area contributed by atoms with Crippen molar-refractivity contribution in [1.29, 1.82) is 0 Å². The van der Waals surface area contributed by atoms with Crippen LogP contribution in [0.1, 0.15) is 22.0 Å². The number of aliphatic hydroxyl groups is 1. The minimum Gasteiger partial charge on any atom is -0.486 e. The molecular weight excluding hydrogens is 326 g/mol. The van der Waals surface area contributed by atoms with Crippen LogP contribution in [0.25, 0.3) is 0 Å². The Morgan fingerprint density at radius 2 is 1.96 bits per heavy atom. The van der Waals surface area contributed by atoms with Gasteiger partial charge in [0.2, 0.25) is 0 Å². The summed E-state index contributed by atoms with van der Waals surface area (Å²) in [7, 11) is 0. The van der Waals surface area contributed by atoms with E-state index in [4.69, 9.17) is 9.47 Å². The molecule has 3 rings (SSSR count). The molecule has 126 valence electrons. The molecule has 5 nitrogen and oxygen atoms in total. The lowest BCUT2D eigenvalue weighted by Crippen LogP contribution is -2.28. The van der Waals surface area contributed by atoms with Crippen LogP contribution in [-0.2, 0) is 0 Å². The fourth-order valence-corrected chi connectivity index (χ4v) is 3.10. The van der Waals surface area contributed by atoms with Crippen LogP contribution in [0.2, 0.25) is 0 Å². The van der Waals surface area contributed by atoms with Gasteiger partial charge in [-0.05, 0) is 36.1 Å². The molecule has 2 aromatic rings. The zero-order valence-electron chi connectivity index (χ0n) is 13.3. The molecule has 0 saturated carbocycles. The van der Waals surface area contributed by atoms with Crippen molar-refractivity contribution < 1.29 is 19.4 Å². The summed E-state index contributed by atoms with van der Waals surface area (Å²) in [5, 5.41) is 13.1. The first-order valence-corrected chi connectivity index (χ1v) is 8.90. The standard InChI is InChI=1S/C18H19NO4S/c1-24-17-5-3-2-4-13(17)18(21)19-11-14(20)12-6-7-15-16(10-12)23-9-8-22-15/h2-7,10,14,20H,8-9,11H2,1H3,(H,19,21). The molecule has 0 saturated heterocycles. The lowest BCUT2D eigenvalue weighted by atomic mass is 10.1. The van der Waals surface area contributed by atoms with E-state index in [0.717, 1.165) is 4.90 Å². The van der Waals surface area contributed by atoms with E-state index in [2.05, 4.69) is 5.32 Å². The smallest absolute Gasteiger partial charge is 0.252 e. The molecule has 2 N–H and O–H groups in total. The van der Waals surface area contributed by atoms with Crippen molar-refractivity contribution in [2.75, 3.05) is 26.0 Å². The van der Waals surface area contributed by atoms with Crippen LogP contribution in [0.4, 0.5) is 0 Å². The largest absolute Gasteiger partial charge is 0.486 e. The monoisotopic (exact) mass is 345 g/mol. The van der Waals surface area contributed by atoms with Crippen molar-refractivity contribution in [3.8, 4) is 11.5 Å². The molecule has 0 aromatic heterocycles. The summed E-state index contributed by atoms with van der Waals surface area (Å²) < 4.78 is 11.0. The molecule has 1 heterocycles. The van der Waals surface area contributed by atoms with Gasteiger partial charge in [-0.25, -0.2) is 0 Å². The molecule has 0 spiro atoms. The maximum atomic E-state index is 12.3. The molecular formula is C18H19NO4S. The third kappa shape index (κ3) is 3.66. The van der Waals surface area contributed by atoms with Crippen LogP contribution in [-0.4, -0.2) is 37.0 Å². The zero-order chi connectivity index (χ0) is 16.9. The van der Waals surface area contributed by atoms with Gasteiger partial charge in [-0.2, -0.15) is 0 Å². The van der Waals surface area contributed by atoms with Gasteiger partial charge in [0.1, 0.15) is 13.2 Å². The summed E-state index contributed by atoms with van der Waals surface area (Å²) in [6.45, 7) is 1.15. The first kappa shape index (κ1) is 16.7. The number of carbonyl (C=O) groups excluding carboxylic acids is 1.